The van der Waals surface area contributed by atoms with E-state index >= 15 is 0 Å². The Morgan fingerprint density at radius 1 is 1.00 bits per heavy atom. The zero-order valence-corrected chi connectivity index (χ0v) is 5.91. The quantitative estimate of drug-likeness (QED) is 0.571. The summed E-state index contributed by atoms with van der Waals surface area (Å²) in [6.45, 7) is 4.42. The number of hydrogen-bond acceptors (Lipinski definition) is 0. The first-order chi connectivity index (χ1) is 2.41. The topological polar surface area (TPSA) is 0 Å². The van der Waals surface area contributed by atoms with Gasteiger partial charge >= 0.3 is 0 Å². The molecule has 0 aromatic heterocycles. The molecule has 0 amide bonds. The minimum Gasteiger partial charge on any atom is -0.0654 e. The summed E-state index contributed by atoms with van der Waals surface area (Å²) in [5.41, 5.74) is 0. The molecule has 6 heavy (non-hydrogen) atoms. The fraction of sp³-hybridized carbons (Fsp3) is 1.00. The van der Waals surface area contributed by atoms with Crippen molar-refractivity contribution < 1.29 is 22.4 Å². The molecule has 0 fully saturated rings. The van der Waals surface area contributed by atoms with Crippen LogP contribution in [0.3, 0.4) is 0 Å². The molecule has 0 unspecified atom stereocenters. The number of rotatable bonds is 2. The van der Waals surface area contributed by atoms with Crippen molar-refractivity contribution in [2.75, 3.05) is 0 Å². The van der Waals surface area contributed by atoms with E-state index in [1.807, 2.05) is 0 Å². The summed E-state index contributed by atoms with van der Waals surface area (Å²) in [6.07, 6.45) is 4.08. The monoisotopic (exact) mass is 179 g/mol. The van der Waals surface area contributed by atoms with E-state index in [4.69, 9.17) is 0 Å². The molecule has 0 aliphatic rings. The Kier molecular flexibility index (Phi) is 15.2. The standard InChI is InChI=1S/C5H12.Ag/c1-3-5-4-2;/h3-5H2,1-2H3;. The van der Waals surface area contributed by atoms with Crippen LogP contribution in [0.5, 0.6) is 0 Å². The van der Waals surface area contributed by atoms with Gasteiger partial charge < -0.3 is 0 Å². The molecule has 0 spiro atoms. The van der Waals surface area contributed by atoms with Crippen LogP contribution in [0.25, 0.3) is 0 Å². The fourth-order valence-corrected chi connectivity index (χ4v) is 0.354. The first-order valence-corrected chi connectivity index (χ1v) is 2.41. The molecule has 0 nitrogen and oxygen atoms in total. The molecule has 0 heterocycles. The third-order valence-electron chi connectivity index (χ3n) is 0.707. The van der Waals surface area contributed by atoms with Crippen molar-refractivity contribution in [2.45, 2.75) is 33.1 Å². The van der Waals surface area contributed by atoms with E-state index in [-0.39, 0.29) is 22.4 Å². The molecule has 43 valence electrons. The van der Waals surface area contributed by atoms with Gasteiger partial charge in [0.2, 0.25) is 0 Å². The minimum atomic E-state index is 0. The Morgan fingerprint density at radius 3 is 1.33 bits per heavy atom. The summed E-state index contributed by atoms with van der Waals surface area (Å²) in [7, 11) is 0. The summed E-state index contributed by atoms with van der Waals surface area (Å²) in [4.78, 5) is 0. The van der Waals surface area contributed by atoms with Gasteiger partial charge in [0.05, 0.1) is 0 Å². The maximum Gasteiger partial charge on any atom is 0 e. The van der Waals surface area contributed by atoms with Crippen LogP contribution in [0.1, 0.15) is 33.1 Å². The first kappa shape index (κ1) is 9.88. The first-order valence-electron chi connectivity index (χ1n) is 2.41. The molecule has 0 rings (SSSR count). The largest absolute Gasteiger partial charge is 0.0654 e. The van der Waals surface area contributed by atoms with E-state index in [2.05, 4.69) is 13.8 Å². The number of hydrogen-bond donors (Lipinski definition) is 0. The van der Waals surface area contributed by atoms with Gasteiger partial charge in [0.1, 0.15) is 0 Å². The van der Waals surface area contributed by atoms with Crippen molar-refractivity contribution in [3.8, 4) is 0 Å². The molecule has 1 heteroatoms. The van der Waals surface area contributed by atoms with Crippen molar-refractivity contribution in [3.63, 3.8) is 0 Å². The van der Waals surface area contributed by atoms with Crippen molar-refractivity contribution in [1.29, 1.82) is 0 Å². The van der Waals surface area contributed by atoms with Gasteiger partial charge in [0.25, 0.3) is 0 Å². The van der Waals surface area contributed by atoms with Crippen LogP contribution < -0.4 is 0 Å². The molecule has 1 radical (unpaired) electrons. The minimum absolute atomic E-state index is 0. The van der Waals surface area contributed by atoms with Gasteiger partial charge in [-0.3, -0.25) is 0 Å². The average molecular weight is 180 g/mol. The summed E-state index contributed by atoms with van der Waals surface area (Å²) in [5, 5.41) is 0. The van der Waals surface area contributed by atoms with E-state index in [0.29, 0.717) is 0 Å². The summed E-state index contributed by atoms with van der Waals surface area (Å²) in [6, 6.07) is 0. The van der Waals surface area contributed by atoms with Crippen LogP contribution >= 0.6 is 0 Å². The SMILES string of the molecule is CCCCC.[Ag]. The molecule has 0 N–H and O–H groups in total. The van der Waals surface area contributed by atoms with Crippen molar-refractivity contribution in [3.05, 3.63) is 0 Å². The predicted octanol–water partition coefficient (Wildman–Crippen LogP) is 2.19. The second-order valence-corrected chi connectivity index (χ2v) is 1.35. The van der Waals surface area contributed by atoms with E-state index in [9.17, 15) is 0 Å². The van der Waals surface area contributed by atoms with E-state index in [1.54, 1.807) is 0 Å². The van der Waals surface area contributed by atoms with E-state index in [1.165, 1.54) is 19.3 Å². The molecule has 0 atom stereocenters. The van der Waals surface area contributed by atoms with Gasteiger partial charge in [0.15, 0.2) is 0 Å². The molecule has 0 saturated heterocycles. The molecule has 0 aliphatic carbocycles. The third-order valence-corrected chi connectivity index (χ3v) is 0.707. The Hall–Kier alpha value is 0.740. The molecule has 0 aliphatic heterocycles. The predicted molar refractivity (Wildman–Crippen MR) is 25.2 cm³/mol. The zero-order chi connectivity index (χ0) is 4.12. The Bertz CT molecular complexity index is 11.4. The Morgan fingerprint density at radius 2 is 1.33 bits per heavy atom. The summed E-state index contributed by atoms with van der Waals surface area (Å²) in [5.74, 6) is 0. The molecular weight excluding hydrogens is 168 g/mol. The second-order valence-electron chi connectivity index (χ2n) is 1.35. The van der Waals surface area contributed by atoms with Crippen molar-refractivity contribution in [1.82, 2.24) is 0 Å². The smallest absolute Gasteiger partial charge is 0 e. The van der Waals surface area contributed by atoms with Gasteiger partial charge in [-0.1, -0.05) is 33.1 Å². The Labute approximate surface area is 55.8 Å². The van der Waals surface area contributed by atoms with Gasteiger partial charge in [-0.15, -0.1) is 0 Å². The van der Waals surface area contributed by atoms with Gasteiger partial charge in [-0.05, 0) is 0 Å². The van der Waals surface area contributed by atoms with E-state index < -0.39 is 0 Å². The van der Waals surface area contributed by atoms with Gasteiger partial charge in [-0.25, -0.2) is 0 Å². The molecular formula is C5H12Ag. The van der Waals surface area contributed by atoms with Gasteiger partial charge in [0, 0.05) is 22.4 Å². The normalized spacial score (nSPS) is 7.00. The van der Waals surface area contributed by atoms with Crippen LogP contribution in [0, 0.1) is 0 Å². The summed E-state index contributed by atoms with van der Waals surface area (Å²) >= 11 is 0. The van der Waals surface area contributed by atoms with E-state index in [0.717, 1.165) is 0 Å². The number of unbranched alkanes of at least 4 members (excludes halogenated alkanes) is 2. The van der Waals surface area contributed by atoms with Crippen molar-refractivity contribution in [2.24, 2.45) is 0 Å². The van der Waals surface area contributed by atoms with Gasteiger partial charge in [-0.2, -0.15) is 0 Å². The van der Waals surface area contributed by atoms with Crippen LogP contribution in [0.15, 0.2) is 0 Å². The molecule has 0 saturated carbocycles. The fourth-order valence-electron chi connectivity index (χ4n) is 0.354. The van der Waals surface area contributed by atoms with Crippen LogP contribution in [-0.4, -0.2) is 0 Å². The molecule has 0 aromatic rings. The maximum atomic E-state index is 2.21. The van der Waals surface area contributed by atoms with Crippen LogP contribution in [0.4, 0.5) is 0 Å². The third kappa shape index (κ3) is 8.83. The van der Waals surface area contributed by atoms with Crippen molar-refractivity contribution >= 4 is 0 Å². The van der Waals surface area contributed by atoms with Crippen LogP contribution in [-0.2, 0) is 22.4 Å². The average Bonchev–Trinajstić information content (AvgIpc) is 1.41. The maximum absolute atomic E-state index is 2.21. The second kappa shape index (κ2) is 9.22. The molecule has 0 aromatic carbocycles. The Balaban J connectivity index is 0. The zero-order valence-electron chi connectivity index (χ0n) is 4.42. The van der Waals surface area contributed by atoms with Crippen LogP contribution in [0.2, 0.25) is 0 Å². The summed E-state index contributed by atoms with van der Waals surface area (Å²) < 4.78 is 0. The molecule has 0 bridgehead atoms.